The Kier molecular flexibility index (Phi) is 4.95. The Hall–Kier alpha value is -2.08. The normalized spacial score (nSPS) is 20.4. The van der Waals surface area contributed by atoms with Crippen LogP contribution in [0.25, 0.3) is 0 Å². The van der Waals surface area contributed by atoms with Crippen LogP contribution in [0.15, 0.2) is 47.1 Å². The molecule has 1 saturated heterocycles. The van der Waals surface area contributed by atoms with E-state index in [-0.39, 0.29) is 11.2 Å². The highest BCUT2D eigenvalue weighted by atomic mass is 32.2. The summed E-state index contributed by atoms with van der Waals surface area (Å²) in [5.41, 5.74) is 0.905. The van der Waals surface area contributed by atoms with Gasteiger partial charge in [-0.2, -0.15) is 5.10 Å². The maximum atomic E-state index is 11.3. The van der Waals surface area contributed by atoms with Gasteiger partial charge in [-0.25, -0.2) is 0 Å². The third-order valence-corrected chi connectivity index (χ3v) is 3.47. The standard InChI is InChI=1S/C14H15N3O2S/c1-3-8-19-12-6-4-11(5-7-12)9-15-17-14-16-13(18)10(2)20-14/h3-7,9-10H,1,8H2,2H3,(H,16,17,18)/b15-9+. The lowest BCUT2D eigenvalue weighted by Crippen LogP contribution is -2.23. The van der Waals surface area contributed by atoms with Crippen molar-refractivity contribution >= 4 is 29.1 Å². The second-order valence-electron chi connectivity index (χ2n) is 4.07. The zero-order valence-corrected chi connectivity index (χ0v) is 11.9. The molecular weight excluding hydrogens is 274 g/mol. The summed E-state index contributed by atoms with van der Waals surface area (Å²) in [7, 11) is 0. The van der Waals surface area contributed by atoms with Gasteiger partial charge in [-0.15, -0.1) is 5.10 Å². The molecule has 104 valence electrons. The van der Waals surface area contributed by atoms with Crippen LogP contribution in [0.4, 0.5) is 0 Å². The number of amidine groups is 1. The lowest BCUT2D eigenvalue weighted by atomic mass is 10.2. The quantitative estimate of drug-likeness (QED) is 0.513. The molecule has 0 spiro atoms. The van der Waals surface area contributed by atoms with Gasteiger partial charge in [-0.05, 0) is 36.8 Å². The zero-order chi connectivity index (χ0) is 14.4. The minimum absolute atomic E-state index is 0.0346. The Balaban J connectivity index is 1.93. The molecule has 1 heterocycles. The van der Waals surface area contributed by atoms with Crippen molar-refractivity contribution < 1.29 is 9.53 Å². The van der Waals surface area contributed by atoms with E-state index < -0.39 is 0 Å². The van der Waals surface area contributed by atoms with E-state index >= 15 is 0 Å². The largest absolute Gasteiger partial charge is 0.490 e. The van der Waals surface area contributed by atoms with Gasteiger partial charge >= 0.3 is 0 Å². The van der Waals surface area contributed by atoms with Crippen LogP contribution < -0.4 is 10.1 Å². The van der Waals surface area contributed by atoms with Crippen molar-refractivity contribution in [1.29, 1.82) is 0 Å². The fourth-order valence-corrected chi connectivity index (χ4v) is 2.21. The minimum atomic E-state index is -0.106. The number of hydrogen-bond donors (Lipinski definition) is 1. The first-order valence-corrected chi connectivity index (χ1v) is 6.99. The molecule has 0 aliphatic carbocycles. The summed E-state index contributed by atoms with van der Waals surface area (Å²) < 4.78 is 5.38. The minimum Gasteiger partial charge on any atom is -0.490 e. The van der Waals surface area contributed by atoms with Crippen molar-refractivity contribution in [1.82, 2.24) is 5.32 Å². The van der Waals surface area contributed by atoms with Crippen LogP contribution in [0.3, 0.4) is 0 Å². The van der Waals surface area contributed by atoms with Crippen molar-refractivity contribution in [3.63, 3.8) is 0 Å². The number of hydrogen-bond acceptors (Lipinski definition) is 5. The summed E-state index contributed by atoms with van der Waals surface area (Å²) in [5, 5.41) is 11.0. The maximum absolute atomic E-state index is 11.3. The number of carbonyl (C=O) groups excluding carboxylic acids is 1. The summed E-state index contributed by atoms with van der Waals surface area (Å²) in [5.74, 6) is 0.744. The fourth-order valence-electron chi connectivity index (χ4n) is 1.46. The summed E-state index contributed by atoms with van der Waals surface area (Å²) in [6.07, 6.45) is 3.32. The molecule has 1 N–H and O–H groups in total. The average Bonchev–Trinajstić information content (AvgIpc) is 2.77. The number of carbonyl (C=O) groups is 1. The van der Waals surface area contributed by atoms with E-state index in [1.807, 2.05) is 31.2 Å². The number of nitrogens with one attached hydrogen (secondary N) is 1. The van der Waals surface area contributed by atoms with Crippen LogP contribution in [-0.2, 0) is 4.79 Å². The first-order chi connectivity index (χ1) is 9.69. The van der Waals surface area contributed by atoms with E-state index in [9.17, 15) is 4.79 Å². The maximum Gasteiger partial charge on any atom is 0.239 e. The Morgan fingerprint density at radius 3 is 2.80 bits per heavy atom. The Morgan fingerprint density at radius 1 is 1.45 bits per heavy atom. The van der Waals surface area contributed by atoms with Gasteiger partial charge in [0.25, 0.3) is 0 Å². The zero-order valence-electron chi connectivity index (χ0n) is 11.1. The monoisotopic (exact) mass is 289 g/mol. The highest BCUT2D eigenvalue weighted by Gasteiger charge is 2.25. The summed E-state index contributed by atoms with van der Waals surface area (Å²) in [4.78, 5) is 11.3. The smallest absolute Gasteiger partial charge is 0.239 e. The van der Waals surface area contributed by atoms with Crippen LogP contribution in [0.1, 0.15) is 12.5 Å². The topological polar surface area (TPSA) is 63.1 Å². The highest BCUT2D eigenvalue weighted by molar-refractivity contribution is 8.15. The van der Waals surface area contributed by atoms with Crippen LogP contribution in [0, 0.1) is 0 Å². The van der Waals surface area contributed by atoms with Gasteiger partial charge < -0.3 is 10.1 Å². The molecule has 1 aromatic rings. The predicted octanol–water partition coefficient (Wildman–Crippen LogP) is 2.19. The molecule has 1 atom stereocenters. The second-order valence-corrected chi connectivity index (χ2v) is 5.40. The van der Waals surface area contributed by atoms with Gasteiger partial charge in [0, 0.05) is 0 Å². The summed E-state index contributed by atoms with van der Waals surface area (Å²) >= 11 is 1.37. The number of thioether (sulfide) groups is 1. The fraction of sp³-hybridized carbons (Fsp3) is 0.214. The van der Waals surface area contributed by atoms with Gasteiger partial charge in [-0.3, -0.25) is 4.79 Å². The molecular formula is C14H15N3O2S. The molecule has 1 unspecified atom stereocenters. The second kappa shape index (κ2) is 6.91. The van der Waals surface area contributed by atoms with E-state index in [1.165, 1.54) is 11.8 Å². The van der Waals surface area contributed by atoms with Crippen LogP contribution in [0.2, 0.25) is 0 Å². The van der Waals surface area contributed by atoms with Crippen molar-refractivity contribution in [3.05, 3.63) is 42.5 Å². The van der Waals surface area contributed by atoms with Gasteiger partial charge in [0.15, 0.2) is 5.17 Å². The molecule has 0 radical (unpaired) electrons. The SMILES string of the molecule is C=CCOc1ccc(/C=N/N=C2/NC(=O)C(C)S2)cc1. The van der Waals surface area contributed by atoms with E-state index in [0.717, 1.165) is 11.3 Å². The molecule has 1 aliphatic heterocycles. The number of amides is 1. The van der Waals surface area contributed by atoms with Crippen LogP contribution in [0.5, 0.6) is 5.75 Å². The van der Waals surface area contributed by atoms with E-state index in [0.29, 0.717) is 11.8 Å². The lowest BCUT2D eigenvalue weighted by Gasteiger charge is -2.02. The molecule has 1 amide bonds. The molecule has 0 bridgehead atoms. The van der Waals surface area contributed by atoms with Gasteiger partial charge in [-0.1, -0.05) is 24.4 Å². The number of benzene rings is 1. The van der Waals surface area contributed by atoms with E-state index in [2.05, 4.69) is 22.1 Å². The van der Waals surface area contributed by atoms with Crippen LogP contribution >= 0.6 is 11.8 Å². The van der Waals surface area contributed by atoms with Crippen LogP contribution in [-0.4, -0.2) is 29.1 Å². The molecule has 6 heteroatoms. The molecule has 1 aliphatic rings. The molecule has 20 heavy (non-hydrogen) atoms. The molecule has 1 aromatic carbocycles. The molecule has 2 rings (SSSR count). The Bertz CT molecular complexity index is 552. The number of rotatable bonds is 5. The predicted molar refractivity (Wildman–Crippen MR) is 82.4 cm³/mol. The summed E-state index contributed by atoms with van der Waals surface area (Å²) in [6.45, 7) is 5.90. The van der Waals surface area contributed by atoms with Gasteiger partial charge in [0.1, 0.15) is 12.4 Å². The Labute approximate surface area is 121 Å². The molecule has 5 nitrogen and oxygen atoms in total. The first-order valence-electron chi connectivity index (χ1n) is 6.11. The van der Waals surface area contributed by atoms with Crippen molar-refractivity contribution in [3.8, 4) is 5.75 Å². The highest BCUT2D eigenvalue weighted by Crippen LogP contribution is 2.18. The Morgan fingerprint density at radius 2 is 2.20 bits per heavy atom. The molecule has 0 aromatic heterocycles. The lowest BCUT2D eigenvalue weighted by molar-refractivity contribution is -0.118. The van der Waals surface area contributed by atoms with Gasteiger partial charge in [0.05, 0.1) is 11.5 Å². The first kappa shape index (κ1) is 14.3. The third-order valence-electron chi connectivity index (χ3n) is 2.49. The van der Waals surface area contributed by atoms with E-state index in [4.69, 9.17) is 4.74 Å². The summed E-state index contributed by atoms with van der Waals surface area (Å²) in [6, 6.07) is 7.47. The average molecular weight is 289 g/mol. The van der Waals surface area contributed by atoms with E-state index in [1.54, 1.807) is 12.3 Å². The van der Waals surface area contributed by atoms with Crippen molar-refractivity contribution in [2.24, 2.45) is 10.2 Å². The van der Waals surface area contributed by atoms with Gasteiger partial charge in [0.2, 0.25) is 5.91 Å². The number of nitrogens with zero attached hydrogens (tertiary/aromatic N) is 2. The third kappa shape index (κ3) is 3.96. The van der Waals surface area contributed by atoms with Crippen molar-refractivity contribution in [2.75, 3.05) is 6.61 Å². The number of ether oxygens (including phenoxy) is 1. The van der Waals surface area contributed by atoms with Crippen molar-refractivity contribution in [2.45, 2.75) is 12.2 Å². The molecule has 1 fully saturated rings. The molecule has 0 saturated carbocycles.